The Morgan fingerprint density at radius 2 is 1.50 bits per heavy atom. The number of nitrogens with zero attached hydrogens (tertiary/aromatic N) is 1. The Kier molecular flexibility index (Phi) is 8.64. The highest BCUT2D eigenvalue weighted by Crippen LogP contribution is 2.35. The highest BCUT2D eigenvalue weighted by Gasteiger charge is 2.39. The fourth-order valence-electron chi connectivity index (χ4n) is 4.25. The van der Waals surface area contributed by atoms with Crippen LogP contribution in [0.3, 0.4) is 0 Å². The molecule has 1 atom stereocenters. The molecule has 1 aliphatic heterocycles. The quantitative estimate of drug-likeness (QED) is 0.384. The van der Waals surface area contributed by atoms with E-state index in [-0.39, 0.29) is 19.5 Å². The third-order valence-corrected chi connectivity index (χ3v) is 10.6. The molecule has 1 heterocycles. The van der Waals surface area contributed by atoms with E-state index in [0.29, 0.717) is 30.7 Å². The van der Waals surface area contributed by atoms with Crippen LogP contribution in [-0.2, 0) is 35.7 Å². The highest BCUT2D eigenvalue weighted by atomic mass is 32.2. The van der Waals surface area contributed by atoms with Crippen LogP contribution in [0.25, 0.3) is 0 Å². The molecule has 1 saturated heterocycles. The molecule has 0 aromatic heterocycles. The number of halogens is 5. The second-order valence-corrected chi connectivity index (χ2v) is 15.7. The van der Waals surface area contributed by atoms with Crippen LogP contribution in [0.2, 0.25) is 0 Å². The Balaban J connectivity index is 1.85. The molecule has 3 rings (SSSR count). The molecule has 2 aromatic rings. The monoisotopic (exact) mass is 633 g/mol. The largest absolute Gasteiger partial charge is 0.435 e. The standard InChI is InChI=1S/C23H24F5NO8S3/c1-13(40(35,36)17-6-4-5-15(8-17)23(26,27)28)7-14-11-29(12-14)21(30)20-18(38(2,31)32)9-16(37-22(24)25)10-19(20)39(3,33)34/h4-6,8-10,13-14,22H,7,11-12H2,1-3H3. The lowest BCUT2D eigenvalue weighted by Gasteiger charge is -2.40. The van der Waals surface area contributed by atoms with Crippen LogP contribution >= 0.6 is 0 Å². The maximum atomic E-state index is 13.3. The van der Waals surface area contributed by atoms with E-state index in [1.807, 2.05) is 0 Å². The summed E-state index contributed by atoms with van der Waals surface area (Å²) in [6.45, 7) is -2.36. The Labute approximate surface area is 227 Å². The molecule has 222 valence electrons. The SMILES string of the molecule is CC(CC1CN(C(=O)c2c(S(C)(=O)=O)cc(OC(F)F)cc2S(C)(=O)=O)C1)S(=O)(=O)c1cccc(C(F)(F)F)c1. The second-order valence-electron chi connectivity index (χ2n) is 9.41. The smallest absolute Gasteiger partial charge is 0.416 e. The highest BCUT2D eigenvalue weighted by molar-refractivity contribution is 7.92. The Hall–Kier alpha value is -2.79. The summed E-state index contributed by atoms with van der Waals surface area (Å²) >= 11 is 0. The first-order valence-electron chi connectivity index (χ1n) is 11.4. The molecular formula is C23H24F5NO8S3. The van der Waals surface area contributed by atoms with E-state index in [4.69, 9.17) is 0 Å². The molecule has 1 aliphatic rings. The summed E-state index contributed by atoms with van der Waals surface area (Å²) in [5, 5.41) is -1.15. The van der Waals surface area contributed by atoms with Gasteiger partial charge >= 0.3 is 12.8 Å². The summed E-state index contributed by atoms with van der Waals surface area (Å²) in [6.07, 6.45) is -3.52. The van der Waals surface area contributed by atoms with Crippen molar-refractivity contribution in [2.45, 2.75) is 46.1 Å². The summed E-state index contributed by atoms with van der Waals surface area (Å²) in [5.41, 5.74) is -1.90. The van der Waals surface area contributed by atoms with Gasteiger partial charge in [-0.1, -0.05) is 6.07 Å². The lowest BCUT2D eigenvalue weighted by Crippen LogP contribution is -2.51. The van der Waals surface area contributed by atoms with Crippen LogP contribution in [0.15, 0.2) is 51.1 Å². The first kappa shape index (κ1) is 31.7. The Morgan fingerprint density at radius 1 is 0.975 bits per heavy atom. The number of hydrogen-bond donors (Lipinski definition) is 0. The first-order valence-corrected chi connectivity index (χ1v) is 16.7. The molecule has 0 N–H and O–H groups in total. The second kappa shape index (κ2) is 10.9. The minimum atomic E-state index is -4.75. The van der Waals surface area contributed by atoms with Gasteiger partial charge in [-0.05, 0) is 49.6 Å². The number of sulfone groups is 3. The third-order valence-electron chi connectivity index (χ3n) is 6.21. The average molecular weight is 634 g/mol. The maximum absolute atomic E-state index is 13.3. The first-order chi connectivity index (χ1) is 18.1. The fraction of sp³-hybridized carbons (Fsp3) is 0.435. The number of amides is 1. The molecule has 0 saturated carbocycles. The molecule has 0 radical (unpaired) electrons. The minimum Gasteiger partial charge on any atom is -0.435 e. The molecule has 0 bridgehead atoms. The van der Waals surface area contributed by atoms with E-state index < -0.39 is 90.9 Å². The van der Waals surface area contributed by atoms with Gasteiger partial charge in [0.25, 0.3) is 5.91 Å². The van der Waals surface area contributed by atoms with Gasteiger partial charge in [-0.2, -0.15) is 22.0 Å². The molecule has 9 nitrogen and oxygen atoms in total. The van der Waals surface area contributed by atoms with Crippen LogP contribution in [0, 0.1) is 5.92 Å². The van der Waals surface area contributed by atoms with Gasteiger partial charge in [-0.15, -0.1) is 0 Å². The average Bonchev–Trinajstić information content (AvgIpc) is 2.78. The van der Waals surface area contributed by atoms with Crippen molar-refractivity contribution in [3.05, 3.63) is 47.5 Å². The van der Waals surface area contributed by atoms with Gasteiger partial charge in [0, 0.05) is 25.6 Å². The number of carbonyl (C=O) groups is 1. The Bertz CT molecular complexity index is 1580. The number of hydrogen-bond acceptors (Lipinski definition) is 8. The summed E-state index contributed by atoms with van der Waals surface area (Å²) in [6, 6.07) is 4.51. The van der Waals surface area contributed by atoms with E-state index in [0.717, 1.165) is 23.1 Å². The predicted molar refractivity (Wildman–Crippen MR) is 131 cm³/mol. The van der Waals surface area contributed by atoms with Crippen molar-refractivity contribution in [1.82, 2.24) is 4.90 Å². The summed E-state index contributed by atoms with van der Waals surface area (Å²) in [4.78, 5) is 12.1. The normalized spacial score (nSPS) is 16.1. The number of likely N-dealkylation sites (tertiary alicyclic amines) is 1. The maximum Gasteiger partial charge on any atom is 0.416 e. The zero-order valence-electron chi connectivity index (χ0n) is 21.1. The molecule has 2 aromatic carbocycles. The van der Waals surface area contributed by atoms with Crippen molar-refractivity contribution >= 4 is 35.4 Å². The summed E-state index contributed by atoms with van der Waals surface area (Å²) in [7, 11) is -12.8. The van der Waals surface area contributed by atoms with Gasteiger partial charge < -0.3 is 9.64 Å². The fourth-order valence-corrected chi connectivity index (χ4v) is 7.66. The molecule has 1 unspecified atom stereocenters. The molecule has 0 spiro atoms. The lowest BCUT2D eigenvalue weighted by molar-refractivity contribution is -0.137. The van der Waals surface area contributed by atoms with Gasteiger partial charge in [0.1, 0.15) is 5.75 Å². The van der Waals surface area contributed by atoms with Crippen LogP contribution in [0.5, 0.6) is 5.75 Å². The van der Waals surface area contributed by atoms with Crippen LogP contribution in [-0.4, -0.2) is 73.5 Å². The molecule has 1 fully saturated rings. The van der Waals surface area contributed by atoms with Crippen molar-refractivity contribution in [2.24, 2.45) is 5.92 Å². The van der Waals surface area contributed by atoms with Gasteiger partial charge in [0.05, 0.1) is 31.1 Å². The van der Waals surface area contributed by atoms with E-state index in [9.17, 15) is 52.0 Å². The van der Waals surface area contributed by atoms with E-state index in [1.54, 1.807) is 0 Å². The van der Waals surface area contributed by atoms with E-state index in [1.165, 1.54) is 6.92 Å². The molecule has 1 amide bonds. The third kappa shape index (κ3) is 6.91. The zero-order chi connectivity index (χ0) is 30.4. The molecule has 40 heavy (non-hydrogen) atoms. The number of carbonyl (C=O) groups excluding carboxylic acids is 1. The number of alkyl halides is 5. The van der Waals surface area contributed by atoms with E-state index in [2.05, 4.69) is 4.74 Å². The van der Waals surface area contributed by atoms with Gasteiger partial charge in [0.2, 0.25) is 0 Å². The topological polar surface area (TPSA) is 132 Å². The van der Waals surface area contributed by atoms with Gasteiger partial charge in [0.15, 0.2) is 29.5 Å². The van der Waals surface area contributed by atoms with Gasteiger partial charge in [-0.25, -0.2) is 25.3 Å². The van der Waals surface area contributed by atoms with Crippen molar-refractivity contribution in [3.63, 3.8) is 0 Å². The van der Waals surface area contributed by atoms with Crippen molar-refractivity contribution in [3.8, 4) is 5.75 Å². The summed E-state index contributed by atoms with van der Waals surface area (Å²) < 4.78 is 144. The van der Waals surface area contributed by atoms with Crippen molar-refractivity contribution < 1.29 is 56.7 Å². The number of ether oxygens (including phenoxy) is 1. The van der Waals surface area contributed by atoms with Crippen molar-refractivity contribution in [2.75, 3.05) is 25.6 Å². The predicted octanol–water partition coefficient (Wildman–Crippen LogP) is 3.44. The van der Waals surface area contributed by atoms with Crippen LogP contribution in [0.4, 0.5) is 22.0 Å². The zero-order valence-corrected chi connectivity index (χ0v) is 23.6. The Morgan fingerprint density at radius 3 is 1.95 bits per heavy atom. The molecule has 17 heteroatoms. The van der Waals surface area contributed by atoms with Crippen LogP contribution < -0.4 is 4.74 Å². The van der Waals surface area contributed by atoms with Crippen LogP contribution in [0.1, 0.15) is 29.3 Å². The lowest BCUT2D eigenvalue weighted by atomic mass is 9.94. The summed E-state index contributed by atoms with van der Waals surface area (Å²) in [5.74, 6) is -2.30. The molecular weight excluding hydrogens is 609 g/mol. The van der Waals surface area contributed by atoms with E-state index >= 15 is 0 Å². The van der Waals surface area contributed by atoms with Crippen molar-refractivity contribution in [1.29, 1.82) is 0 Å². The number of benzene rings is 2. The number of rotatable bonds is 9. The molecule has 0 aliphatic carbocycles. The minimum absolute atomic E-state index is 0.0681. The van der Waals surface area contributed by atoms with Gasteiger partial charge in [-0.3, -0.25) is 4.79 Å².